The van der Waals surface area contributed by atoms with Gasteiger partial charge in [0.25, 0.3) is 0 Å². The number of hydrogen-bond acceptors (Lipinski definition) is 5. The van der Waals surface area contributed by atoms with Gasteiger partial charge in [0.1, 0.15) is 0 Å². The molecule has 0 fully saturated rings. The Balaban J connectivity index is 2.05. The predicted octanol–water partition coefficient (Wildman–Crippen LogP) is 0.0151. The molecule has 1 aromatic carbocycles. The highest BCUT2D eigenvalue weighted by Crippen LogP contribution is 2.31. The second kappa shape index (κ2) is 7.83. The average molecular weight is 368 g/mol. The first kappa shape index (κ1) is 19.2. The van der Waals surface area contributed by atoms with Gasteiger partial charge in [-0.05, 0) is 50.7 Å². The van der Waals surface area contributed by atoms with Crippen molar-refractivity contribution in [3.8, 4) is 0 Å². The molecule has 2 amide bonds. The summed E-state index contributed by atoms with van der Waals surface area (Å²) in [6.45, 7) is 1.47. The molecule has 0 saturated carbocycles. The van der Waals surface area contributed by atoms with Crippen LogP contribution in [0.2, 0.25) is 0 Å². The molecule has 9 heteroatoms. The van der Waals surface area contributed by atoms with Gasteiger partial charge in [-0.1, -0.05) is 0 Å². The van der Waals surface area contributed by atoms with Crippen LogP contribution in [-0.2, 0) is 26.0 Å². The van der Waals surface area contributed by atoms with E-state index in [2.05, 4.69) is 10.6 Å². The number of fused-ring (bicyclic) bond motifs is 1. The van der Waals surface area contributed by atoms with Gasteiger partial charge in [0.05, 0.1) is 11.9 Å². The first-order valence-electron chi connectivity index (χ1n) is 8.03. The Morgan fingerprint density at radius 1 is 1.24 bits per heavy atom. The number of likely N-dealkylation sites (N-methyl/N-ethyl adjacent to an activating group) is 1. The Hall–Kier alpha value is -2.13. The third-order valence-electron chi connectivity index (χ3n) is 3.86. The zero-order chi connectivity index (χ0) is 18.6. The normalized spacial score (nSPS) is 14.2. The number of aryl methyl sites for hydroxylation is 1. The maximum absolute atomic E-state index is 11.9. The van der Waals surface area contributed by atoms with E-state index in [-0.39, 0.29) is 0 Å². The molecule has 0 atom stereocenters. The van der Waals surface area contributed by atoms with Crippen LogP contribution < -0.4 is 14.9 Å². The lowest BCUT2D eigenvalue weighted by molar-refractivity contribution is -0.136. The summed E-state index contributed by atoms with van der Waals surface area (Å²) in [5.74, 6) is -1.44. The molecule has 0 saturated heterocycles. The largest absolute Gasteiger partial charge is 0.347 e. The number of hydrogen-bond donors (Lipinski definition) is 2. The van der Waals surface area contributed by atoms with E-state index in [4.69, 9.17) is 0 Å². The van der Waals surface area contributed by atoms with Gasteiger partial charge in [0.15, 0.2) is 0 Å². The number of amides is 2. The number of nitrogens with zero attached hydrogens (tertiary/aromatic N) is 2. The number of nitrogens with one attached hydrogen (secondary N) is 2. The minimum Gasteiger partial charge on any atom is -0.347 e. The molecule has 1 heterocycles. The number of rotatable bonds is 5. The molecule has 0 bridgehead atoms. The van der Waals surface area contributed by atoms with E-state index in [0.29, 0.717) is 37.4 Å². The number of anilines is 2. The Morgan fingerprint density at radius 2 is 1.96 bits per heavy atom. The van der Waals surface area contributed by atoms with Crippen LogP contribution in [-0.4, -0.2) is 65.1 Å². The van der Waals surface area contributed by atoms with Crippen molar-refractivity contribution >= 4 is 33.2 Å². The van der Waals surface area contributed by atoms with Crippen molar-refractivity contribution in [1.82, 2.24) is 10.2 Å². The Kier molecular flexibility index (Phi) is 6.02. The first-order chi connectivity index (χ1) is 11.7. The molecule has 0 radical (unpaired) electrons. The Labute approximate surface area is 148 Å². The number of carbonyl (C=O) groups is 2. The molecule has 1 aromatic rings. The lowest BCUT2D eigenvalue weighted by atomic mass is 10.0. The van der Waals surface area contributed by atoms with Crippen molar-refractivity contribution in [2.75, 3.05) is 49.6 Å². The molecular weight excluding hydrogens is 344 g/mol. The number of carbonyl (C=O) groups excluding carboxylic acids is 2. The summed E-state index contributed by atoms with van der Waals surface area (Å²) in [5.41, 5.74) is 1.94. The highest BCUT2D eigenvalue weighted by molar-refractivity contribution is 7.92. The summed E-state index contributed by atoms with van der Waals surface area (Å²) >= 11 is 0. The zero-order valence-electron chi connectivity index (χ0n) is 14.7. The molecule has 1 aliphatic rings. The predicted molar refractivity (Wildman–Crippen MR) is 97.1 cm³/mol. The summed E-state index contributed by atoms with van der Waals surface area (Å²) in [6.07, 6.45) is 2.61. The molecule has 0 aromatic heterocycles. The van der Waals surface area contributed by atoms with Crippen LogP contribution in [0.15, 0.2) is 18.2 Å². The molecule has 0 spiro atoms. The molecule has 8 nitrogen and oxygen atoms in total. The molecule has 0 unspecified atom stereocenters. The lowest BCUT2D eigenvalue weighted by Gasteiger charge is -2.29. The highest BCUT2D eigenvalue weighted by atomic mass is 32.2. The fourth-order valence-electron chi connectivity index (χ4n) is 2.65. The van der Waals surface area contributed by atoms with E-state index in [0.717, 1.165) is 12.0 Å². The standard InChI is InChI=1S/C16H24N4O4S/c1-19(2)10-8-17-15(21)16(22)18-13-6-7-14-12(11-13)5-4-9-20(14)25(3,23)24/h6-7,11H,4-5,8-10H2,1-3H3,(H,17,21)(H,18,22). The van der Waals surface area contributed by atoms with E-state index >= 15 is 0 Å². The summed E-state index contributed by atoms with van der Waals surface area (Å²) in [4.78, 5) is 25.6. The van der Waals surface area contributed by atoms with Crippen LogP contribution in [0.5, 0.6) is 0 Å². The van der Waals surface area contributed by atoms with Crippen molar-refractivity contribution in [3.05, 3.63) is 23.8 Å². The summed E-state index contributed by atoms with van der Waals surface area (Å²) in [5, 5.41) is 5.09. The zero-order valence-corrected chi connectivity index (χ0v) is 15.5. The maximum Gasteiger partial charge on any atom is 0.313 e. The van der Waals surface area contributed by atoms with Gasteiger partial charge in [-0.15, -0.1) is 0 Å². The third-order valence-corrected chi connectivity index (χ3v) is 5.04. The van der Waals surface area contributed by atoms with Crippen LogP contribution in [0.25, 0.3) is 0 Å². The molecule has 2 N–H and O–H groups in total. The van der Waals surface area contributed by atoms with Crippen molar-refractivity contribution in [1.29, 1.82) is 0 Å². The minimum atomic E-state index is -3.33. The fraction of sp³-hybridized carbons (Fsp3) is 0.500. The van der Waals surface area contributed by atoms with E-state index in [1.54, 1.807) is 18.2 Å². The summed E-state index contributed by atoms with van der Waals surface area (Å²) < 4.78 is 25.1. The van der Waals surface area contributed by atoms with E-state index in [1.165, 1.54) is 10.6 Å². The average Bonchev–Trinajstić information content (AvgIpc) is 2.52. The third kappa shape index (κ3) is 5.17. The van der Waals surface area contributed by atoms with Gasteiger partial charge in [0.2, 0.25) is 10.0 Å². The van der Waals surface area contributed by atoms with Crippen molar-refractivity contribution in [2.45, 2.75) is 12.8 Å². The summed E-state index contributed by atoms with van der Waals surface area (Å²) in [6, 6.07) is 4.99. The summed E-state index contributed by atoms with van der Waals surface area (Å²) in [7, 11) is 0.420. The van der Waals surface area contributed by atoms with Crippen LogP contribution in [0.1, 0.15) is 12.0 Å². The van der Waals surface area contributed by atoms with Crippen molar-refractivity contribution in [3.63, 3.8) is 0 Å². The lowest BCUT2D eigenvalue weighted by Crippen LogP contribution is -2.39. The SMILES string of the molecule is CN(C)CCNC(=O)C(=O)Nc1ccc2c(c1)CCCN2S(C)(=O)=O. The van der Waals surface area contributed by atoms with Gasteiger partial charge in [-0.25, -0.2) is 8.42 Å². The van der Waals surface area contributed by atoms with Crippen molar-refractivity contribution < 1.29 is 18.0 Å². The Bertz CT molecular complexity index is 761. The molecule has 138 valence electrons. The van der Waals surface area contributed by atoms with Gasteiger partial charge < -0.3 is 15.5 Å². The minimum absolute atomic E-state index is 0.382. The topological polar surface area (TPSA) is 98.8 Å². The van der Waals surface area contributed by atoms with Crippen LogP contribution in [0.4, 0.5) is 11.4 Å². The fourth-order valence-corrected chi connectivity index (χ4v) is 3.64. The number of benzene rings is 1. The maximum atomic E-state index is 11.9. The van der Waals surface area contributed by atoms with E-state index in [1.807, 2.05) is 19.0 Å². The quantitative estimate of drug-likeness (QED) is 0.714. The second-order valence-electron chi connectivity index (χ2n) is 6.30. The highest BCUT2D eigenvalue weighted by Gasteiger charge is 2.24. The first-order valence-corrected chi connectivity index (χ1v) is 9.88. The van der Waals surface area contributed by atoms with E-state index < -0.39 is 21.8 Å². The second-order valence-corrected chi connectivity index (χ2v) is 8.20. The van der Waals surface area contributed by atoms with Gasteiger partial charge in [-0.3, -0.25) is 13.9 Å². The van der Waals surface area contributed by atoms with Crippen LogP contribution in [0.3, 0.4) is 0 Å². The van der Waals surface area contributed by atoms with Crippen LogP contribution >= 0.6 is 0 Å². The van der Waals surface area contributed by atoms with Crippen molar-refractivity contribution in [2.24, 2.45) is 0 Å². The van der Waals surface area contributed by atoms with Gasteiger partial charge in [-0.2, -0.15) is 0 Å². The number of sulfonamides is 1. The Morgan fingerprint density at radius 3 is 2.60 bits per heavy atom. The molecule has 2 rings (SSSR count). The van der Waals surface area contributed by atoms with Crippen LogP contribution in [0, 0.1) is 0 Å². The van der Waals surface area contributed by atoms with E-state index in [9.17, 15) is 18.0 Å². The molecule has 1 aliphatic heterocycles. The molecule has 0 aliphatic carbocycles. The molecule has 25 heavy (non-hydrogen) atoms. The monoisotopic (exact) mass is 368 g/mol. The van der Waals surface area contributed by atoms with Gasteiger partial charge >= 0.3 is 11.8 Å². The molecular formula is C16H24N4O4S. The smallest absolute Gasteiger partial charge is 0.313 e. The van der Waals surface area contributed by atoms with Gasteiger partial charge in [0, 0.05) is 25.3 Å².